The van der Waals surface area contributed by atoms with Crippen LogP contribution in [0.25, 0.3) is 11.6 Å². The summed E-state index contributed by atoms with van der Waals surface area (Å²) < 4.78 is 5.20. The molecule has 3 rings (SSSR count). The molecule has 136 valence electrons. The molecule has 3 N–H and O–H groups in total. The fourth-order valence-electron chi connectivity index (χ4n) is 2.15. The van der Waals surface area contributed by atoms with Crippen LogP contribution in [0, 0.1) is 0 Å². The molecule has 0 aliphatic heterocycles. The van der Waals surface area contributed by atoms with E-state index in [2.05, 4.69) is 30.4 Å². The Kier molecular flexibility index (Phi) is 7.93. The number of nitrogens with one attached hydrogen (secondary N) is 1. The molecule has 0 bridgehead atoms. The van der Waals surface area contributed by atoms with E-state index in [1.54, 1.807) is 12.4 Å². The fourth-order valence-corrected chi connectivity index (χ4v) is 2.15. The molecule has 3 heterocycles. The van der Waals surface area contributed by atoms with Crippen molar-refractivity contribution in [2.75, 3.05) is 13.1 Å². The van der Waals surface area contributed by atoms with Gasteiger partial charge in [-0.05, 0) is 24.3 Å². The van der Waals surface area contributed by atoms with Crippen LogP contribution in [-0.2, 0) is 12.8 Å². The largest absolute Gasteiger partial charge is 0.370 e. The van der Waals surface area contributed by atoms with Crippen LogP contribution in [0.2, 0.25) is 0 Å². The van der Waals surface area contributed by atoms with Crippen molar-refractivity contribution in [2.24, 2.45) is 10.7 Å². The summed E-state index contributed by atoms with van der Waals surface area (Å²) in [5.41, 5.74) is 7.51. The number of hydrogen-bond donors (Lipinski definition) is 2. The third-order valence-electron chi connectivity index (χ3n) is 3.38. The number of rotatable bonds is 7. The second-order valence-corrected chi connectivity index (χ2v) is 5.25. The number of nitrogens with two attached hydrogens (primary N) is 1. The van der Waals surface area contributed by atoms with Crippen molar-refractivity contribution in [1.82, 2.24) is 25.4 Å². The molecule has 0 spiro atoms. The van der Waals surface area contributed by atoms with E-state index in [9.17, 15) is 0 Å². The number of aliphatic imine (C=N–C) groups is 1. The Labute approximate surface area is 168 Å². The second-order valence-electron chi connectivity index (χ2n) is 5.25. The minimum absolute atomic E-state index is 0. The van der Waals surface area contributed by atoms with E-state index in [0.29, 0.717) is 42.9 Å². The van der Waals surface area contributed by atoms with E-state index in [1.165, 1.54) is 0 Å². The van der Waals surface area contributed by atoms with E-state index >= 15 is 0 Å². The van der Waals surface area contributed by atoms with Crippen molar-refractivity contribution in [3.8, 4) is 11.6 Å². The third-order valence-corrected chi connectivity index (χ3v) is 3.38. The summed E-state index contributed by atoms with van der Waals surface area (Å²) in [5.74, 6) is 1.37. The quantitative estimate of drug-likeness (QED) is 0.311. The summed E-state index contributed by atoms with van der Waals surface area (Å²) in [6, 6.07) is 11.4. The monoisotopic (exact) mass is 465 g/mol. The molecule has 3 aromatic rings. The lowest BCUT2D eigenvalue weighted by atomic mass is 10.3. The van der Waals surface area contributed by atoms with Crippen molar-refractivity contribution in [3.05, 3.63) is 60.3 Å². The molecule has 0 saturated heterocycles. The third kappa shape index (κ3) is 6.06. The zero-order chi connectivity index (χ0) is 17.3. The summed E-state index contributed by atoms with van der Waals surface area (Å²) in [7, 11) is 0. The summed E-state index contributed by atoms with van der Waals surface area (Å²) in [6.07, 6.45) is 4.78. The maximum absolute atomic E-state index is 5.84. The predicted octanol–water partition coefficient (Wildman–Crippen LogP) is 1.83. The van der Waals surface area contributed by atoms with Crippen molar-refractivity contribution < 1.29 is 4.52 Å². The zero-order valence-electron chi connectivity index (χ0n) is 14.1. The molecule has 0 radical (unpaired) electrons. The molecule has 8 nitrogen and oxygen atoms in total. The van der Waals surface area contributed by atoms with E-state index < -0.39 is 0 Å². The van der Waals surface area contributed by atoms with Crippen LogP contribution in [0.3, 0.4) is 0 Å². The Morgan fingerprint density at radius 2 is 1.88 bits per heavy atom. The zero-order valence-corrected chi connectivity index (χ0v) is 16.4. The molecule has 26 heavy (non-hydrogen) atoms. The number of aromatic nitrogens is 4. The first-order chi connectivity index (χ1) is 12.3. The highest BCUT2D eigenvalue weighted by Gasteiger charge is 2.08. The van der Waals surface area contributed by atoms with Gasteiger partial charge in [0.2, 0.25) is 0 Å². The Morgan fingerprint density at radius 3 is 2.62 bits per heavy atom. The Balaban J connectivity index is 0.00000243. The smallest absolute Gasteiger partial charge is 0.276 e. The maximum atomic E-state index is 5.84. The summed E-state index contributed by atoms with van der Waals surface area (Å²) >= 11 is 0. The maximum Gasteiger partial charge on any atom is 0.276 e. The number of nitrogens with zero attached hydrogens (tertiary/aromatic N) is 5. The van der Waals surface area contributed by atoms with Crippen LogP contribution < -0.4 is 11.1 Å². The SMILES string of the molecule is I.NC(=NCCc1noc(-c2ccccn2)n1)NCCc1ccccn1. The Morgan fingerprint density at radius 1 is 1.08 bits per heavy atom. The number of guanidine groups is 1. The first kappa shape index (κ1) is 19.8. The minimum atomic E-state index is 0. The van der Waals surface area contributed by atoms with Gasteiger partial charge in [0.05, 0.1) is 0 Å². The Bertz CT molecular complexity index is 808. The highest BCUT2D eigenvalue weighted by molar-refractivity contribution is 14.0. The molecule has 0 saturated carbocycles. The number of pyridine rings is 2. The minimum Gasteiger partial charge on any atom is -0.370 e. The average molecular weight is 465 g/mol. The summed E-state index contributed by atoms with van der Waals surface area (Å²) in [5, 5.41) is 6.99. The van der Waals surface area contributed by atoms with Gasteiger partial charge in [-0.3, -0.25) is 15.0 Å². The highest BCUT2D eigenvalue weighted by Crippen LogP contribution is 2.13. The lowest BCUT2D eigenvalue weighted by Crippen LogP contribution is -2.33. The van der Waals surface area contributed by atoms with Gasteiger partial charge in [-0.15, -0.1) is 24.0 Å². The van der Waals surface area contributed by atoms with E-state index in [-0.39, 0.29) is 24.0 Å². The van der Waals surface area contributed by atoms with Gasteiger partial charge < -0.3 is 15.6 Å². The summed E-state index contributed by atoms with van der Waals surface area (Å²) in [4.78, 5) is 17.0. The first-order valence-corrected chi connectivity index (χ1v) is 7.99. The molecular weight excluding hydrogens is 445 g/mol. The molecule has 0 aliphatic carbocycles. The average Bonchev–Trinajstić information content (AvgIpc) is 3.12. The molecule has 0 aliphatic rings. The van der Waals surface area contributed by atoms with Crippen LogP contribution in [-0.4, -0.2) is 39.2 Å². The number of hydrogen-bond acceptors (Lipinski definition) is 6. The molecule has 3 aromatic heterocycles. The van der Waals surface area contributed by atoms with E-state index in [0.717, 1.165) is 12.1 Å². The van der Waals surface area contributed by atoms with Gasteiger partial charge in [0.1, 0.15) is 5.69 Å². The van der Waals surface area contributed by atoms with Crippen LogP contribution in [0.5, 0.6) is 0 Å². The van der Waals surface area contributed by atoms with Gasteiger partial charge in [0.15, 0.2) is 11.8 Å². The van der Waals surface area contributed by atoms with E-state index in [4.69, 9.17) is 10.3 Å². The molecule has 0 fully saturated rings. The highest BCUT2D eigenvalue weighted by atomic mass is 127. The topological polar surface area (TPSA) is 115 Å². The van der Waals surface area contributed by atoms with Gasteiger partial charge in [-0.2, -0.15) is 4.98 Å². The van der Waals surface area contributed by atoms with Crippen LogP contribution >= 0.6 is 24.0 Å². The second kappa shape index (κ2) is 10.4. The normalized spacial score (nSPS) is 11.0. The van der Waals surface area contributed by atoms with Crippen LogP contribution in [0.15, 0.2) is 58.3 Å². The lowest BCUT2D eigenvalue weighted by Gasteiger charge is -2.04. The molecule has 0 unspecified atom stereocenters. The number of halogens is 1. The van der Waals surface area contributed by atoms with E-state index in [1.807, 2.05) is 36.4 Å². The lowest BCUT2D eigenvalue weighted by molar-refractivity contribution is 0.421. The van der Waals surface area contributed by atoms with Gasteiger partial charge >= 0.3 is 0 Å². The standard InChI is InChI=1S/C17H19N7O.HI/c18-17(21-11-7-13-5-1-3-9-19-13)22-12-8-15-23-16(25-24-15)14-6-2-4-10-20-14;/h1-6,9-10H,7-8,11-12H2,(H3,18,21,22);1H. The molecule has 0 atom stereocenters. The van der Waals surface area contributed by atoms with Gasteiger partial charge in [-0.1, -0.05) is 17.3 Å². The van der Waals surface area contributed by atoms with Crippen LogP contribution in [0.4, 0.5) is 0 Å². The van der Waals surface area contributed by atoms with Crippen LogP contribution in [0.1, 0.15) is 11.5 Å². The molecule has 0 amide bonds. The molecule has 9 heteroatoms. The van der Waals surface area contributed by atoms with Gasteiger partial charge in [-0.25, -0.2) is 0 Å². The molecular formula is C17H20IN7O. The van der Waals surface area contributed by atoms with Crippen molar-refractivity contribution in [2.45, 2.75) is 12.8 Å². The van der Waals surface area contributed by atoms with Gasteiger partial charge in [0, 0.05) is 44.0 Å². The summed E-state index contributed by atoms with van der Waals surface area (Å²) in [6.45, 7) is 1.15. The first-order valence-electron chi connectivity index (χ1n) is 7.99. The predicted molar refractivity (Wildman–Crippen MR) is 109 cm³/mol. The van der Waals surface area contributed by atoms with Crippen molar-refractivity contribution in [1.29, 1.82) is 0 Å². The van der Waals surface area contributed by atoms with Crippen molar-refractivity contribution in [3.63, 3.8) is 0 Å². The van der Waals surface area contributed by atoms with Crippen molar-refractivity contribution >= 4 is 29.9 Å². The fraction of sp³-hybridized carbons (Fsp3) is 0.235. The van der Waals surface area contributed by atoms with Gasteiger partial charge in [0.25, 0.3) is 5.89 Å². The Hall–Kier alpha value is -2.56. The molecule has 0 aromatic carbocycles.